The van der Waals surface area contributed by atoms with Crippen molar-refractivity contribution in [3.8, 4) is 0 Å². The van der Waals surface area contributed by atoms with Gasteiger partial charge in [-0.2, -0.15) is 5.10 Å². The van der Waals surface area contributed by atoms with Crippen molar-refractivity contribution in [3.63, 3.8) is 0 Å². The first-order valence-corrected chi connectivity index (χ1v) is 6.90. The van der Waals surface area contributed by atoms with Gasteiger partial charge in [-0.25, -0.2) is 9.67 Å². The zero-order valence-corrected chi connectivity index (χ0v) is 11.4. The van der Waals surface area contributed by atoms with Crippen molar-refractivity contribution >= 4 is 0 Å². The molecule has 0 amide bonds. The van der Waals surface area contributed by atoms with E-state index in [-0.39, 0.29) is 5.60 Å². The molecule has 0 aromatic carbocycles. The summed E-state index contributed by atoms with van der Waals surface area (Å²) in [5, 5.41) is 4.21. The van der Waals surface area contributed by atoms with Crippen LogP contribution in [0.5, 0.6) is 0 Å². The van der Waals surface area contributed by atoms with Gasteiger partial charge in [-0.3, -0.25) is 0 Å². The summed E-state index contributed by atoms with van der Waals surface area (Å²) in [4.78, 5) is 4.27. The van der Waals surface area contributed by atoms with Gasteiger partial charge in [-0.05, 0) is 31.6 Å². The topological polar surface area (TPSA) is 66.0 Å². The van der Waals surface area contributed by atoms with E-state index in [0.29, 0.717) is 19.1 Å². The minimum absolute atomic E-state index is 0.136. The molecule has 1 aromatic heterocycles. The van der Waals surface area contributed by atoms with Crippen LogP contribution in [0.4, 0.5) is 0 Å². The highest BCUT2D eigenvalue weighted by molar-refractivity contribution is 4.92. The van der Waals surface area contributed by atoms with Crippen molar-refractivity contribution in [2.24, 2.45) is 11.7 Å². The lowest BCUT2D eigenvalue weighted by atomic mass is 10.0. The molecule has 1 aliphatic carbocycles. The Labute approximate surface area is 109 Å². The first-order chi connectivity index (χ1) is 8.69. The summed E-state index contributed by atoms with van der Waals surface area (Å²) in [6.07, 6.45) is 5.98. The summed E-state index contributed by atoms with van der Waals surface area (Å²) >= 11 is 0. The number of rotatable bonds is 6. The van der Waals surface area contributed by atoms with E-state index < -0.39 is 0 Å². The fraction of sp³-hybridized carbons (Fsp3) is 0.846. The average molecular weight is 252 g/mol. The van der Waals surface area contributed by atoms with Gasteiger partial charge in [0.05, 0.1) is 5.60 Å². The van der Waals surface area contributed by atoms with Crippen LogP contribution in [-0.2, 0) is 17.9 Å². The Morgan fingerprint density at radius 3 is 3.06 bits per heavy atom. The molecule has 5 heteroatoms. The van der Waals surface area contributed by atoms with Crippen molar-refractivity contribution in [1.82, 2.24) is 14.8 Å². The molecule has 2 atom stereocenters. The van der Waals surface area contributed by atoms with Crippen molar-refractivity contribution in [2.75, 3.05) is 6.54 Å². The van der Waals surface area contributed by atoms with Crippen LogP contribution in [0, 0.1) is 5.92 Å². The molecule has 1 aliphatic rings. The van der Waals surface area contributed by atoms with Crippen LogP contribution in [0.15, 0.2) is 6.33 Å². The van der Waals surface area contributed by atoms with Gasteiger partial charge >= 0.3 is 0 Å². The molecule has 2 N–H and O–H groups in total. The van der Waals surface area contributed by atoms with Crippen LogP contribution in [0.3, 0.4) is 0 Å². The van der Waals surface area contributed by atoms with Crippen molar-refractivity contribution in [3.05, 3.63) is 12.2 Å². The van der Waals surface area contributed by atoms with Gasteiger partial charge in [-0.1, -0.05) is 13.8 Å². The Morgan fingerprint density at radius 2 is 2.44 bits per heavy atom. The standard InChI is InChI=1S/C13H24N4O/c1-3-6-17-12(15-10-16-17)8-18-13(9-14)5-4-11(2)7-13/h10-11H,3-9,14H2,1-2H3. The molecule has 0 spiro atoms. The molecule has 1 saturated carbocycles. The molecule has 5 nitrogen and oxygen atoms in total. The summed E-state index contributed by atoms with van der Waals surface area (Å²) in [5.74, 6) is 1.62. The minimum atomic E-state index is -0.136. The number of nitrogens with zero attached hydrogens (tertiary/aromatic N) is 3. The molecule has 1 aromatic rings. The molecule has 2 rings (SSSR count). The molecule has 1 heterocycles. The smallest absolute Gasteiger partial charge is 0.152 e. The first kappa shape index (κ1) is 13.5. The van der Waals surface area contributed by atoms with Crippen molar-refractivity contribution in [1.29, 1.82) is 0 Å². The molecular weight excluding hydrogens is 228 g/mol. The Bertz CT molecular complexity index is 379. The number of aromatic nitrogens is 3. The van der Waals surface area contributed by atoms with E-state index in [4.69, 9.17) is 10.5 Å². The fourth-order valence-electron chi connectivity index (χ4n) is 2.74. The summed E-state index contributed by atoms with van der Waals surface area (Å²) in [6, 6.07) is 0. The van der Waals surface area contributed by atoms with Crippen LogP contribution < -0.4 is 5.73 Å². The van der Waals surface area contributed by atoms with Gasteiger partial charge in [-0.15, -0.1) is 0 Å². The predicted octanol–water partition coefficient (Wildman–Crippen LogP) is 1.72. The molecule has 0 radical (unpaired) electrons. The second kappa shape index (κ2) is 5.80. The Morgan fingerprint density at radius 1 is 1.61 bits per heavy atom. The number of hydrogen-bond donors (Lipinski definition) is 1. The summed E-state index contributed by atoms with van der Waals surface area (Å²) in [6.45, 7) is 6.40. The highest BCUT2D eigenvalue weighted by atomic mass is 16.5. The van der Waals surface area contributed by atoms with Crippen LogP contribution in [-0.4, -0.2) is 26.9 Å². The quantitative estimate of drug-likeness (QED) is 0.837. The molecule has 0 bridgehead atoms. The Hall–Kier alpha value is -0.940. The Balaban J connectivity index is 1.95. The number of hydrogen-bond acceptors (Lipinski definition) is 4. The molecule has 2 unspecified atom stereocenters. The van der Waals surface area contributed by atoms with Gasteiger partial charge in [0.1, 0.15) is 12.9 Å². The highest BCUT2D eigenvalue weighted by Gasteiger charge is 2.37. The average Bonchev–Trinajstić information content (AvgIpc) is 2.95. The molecule has 102 valence electrons. The fourth-order valence-corrected chi connectivity index (χ4v) is 2.74. The van der Waals surface area contributed by atoms with Crippen molar-refractivity contribution < 1.29 is 4.74 Å². The molecule has 18 heavy (non-hydrogen) atoms. The van der Waals surface area contributed by atoms with Crippen LogP contribution in [0.25, 0.3) is 0 Å². The molecule has 0 saturated heterocycles. The van der Waals surface area contributed by atoms with E-state index in [1.807, 2.05) is 4.68 Å². The summed E-state index contributed by atoms with van der Waals surface area (Å²) in [5.41, 5.74) is 5.76. The van der Waals surface area contributed by atoms with E-state index in [1.165, 1.54) is 6.42 Å². The lowest BCUT2D eigenvalue weighted by molar-refractivity contribution is -0.0510. The monoisotopic (exact) mass is 252 g/mol. The third-order valence-electron chi connectivity index (χ3n) is 3.82. The highest BCUT2D eigenvalue weighted by Crippen LogP contribution is 2.36. The number of nitrogens with two attached hydrogens (primary N) is 1. The third-order valence-corrected chi connectivity index (χ3v) is 3.82. The van der Waals surface area contributed by atoms with Crippen molar-refractivity contribution in [2.45, 2.75) is 58.3 Å². The first-order valence-electron chi connectivity index (χ1n) is 6.90. The third kappa shape index (κ3) is 2.90. The van der Waals surface area contributed by atoms with Gasteiger partial charge in [0.25, 0.3) is 0 Å². The minimum Gasteiger partial charge on any atom is -0.366 e. The predicted molar refractivity (Wildman–Crippen MR) is 69.9 cm³/mol. The molecule has 0 aliphatic heterocycles. The van der Waals surface area contributed by atoms with Crippen LogP contribution in [0.2, 0.25) is 0 Å². The van der Waals surface area contributed by atoms with Gasteiger partial charge in [0.2, 0.25) is 0 Å². The maximum atomic E-state index is 6.09. The molecule has 1 fully saturated rings. The van der Waals surface area contributed by atoms with E-state index >= 15 is 0 Å². The number of ether oxygens (including phenoxy) is 1. The lowest BCUT2D eigenvalue weighted by Crippen LogP contribution is -2.38. The van der Waals surface area contributed by atoms with E-state index in [9.17, 15) is 0 Å². The SMILES string of the molecule is CCCn1ncnc1COC1(CN)CCC(C)C1. The van der Waals surface area contributed by atoms with E-state index in [1.54, 1.807) is 6.33 Å². The lowest BCUT2D eigenvalue weighted by Gasteiger charge is -2.27. The Kier molecular flexibility index (Phi) is 4.35. The molecular formula is C13H24N4O. The summed E-state index contributed by atoms with van der Waals surface area (Å²) < 4.78 is 8.01. The number of aryl methyl sites for hydroxylation is 1. The summed E-state index contributed by atoms with van der Waals surface area (Å²) in [7, 11) is 0. The maximum Gasteiger partial charge on any atom is 0.152 e. The normalized spacial score (nSPS) is 27.8. The zero-order valence-electron chi connectivity index (χ0n) is 11.4. The van der Waals surface area contributed by atoms with Crippen LogP contribution in [0.1, 0.15) is 45.4 Å². The van der Waals surface area contributed by atoms with Gasteiger partial charge in [0.15, 0.2) is 5.82 Å². The second-order valence-corrected chi connectivity index (χ2v) is 5.42. The van der Waals surface area contributed by atoms with Crippen LogP contribution >= 0.6 is 0 Å². The zero-order chi connectivity index (χ0) is 13.0. The van der Waals surface area contributed by atoms with E-state index in [0.717, 1.165) is 31.6 Å². The second-order valence-electron chi connectivity index (χ2n) is 5.42. The van der Waals surface area contributed by atoms with Gasteiger partial charge in [0, 0.05) is 13.1 Å². The van der Waals surface area contributed by atoms with E-state index in [2.05, 4.69) is 23.9 Å². The maximum absolute atomic E-state index is 6.09. The largest absolute Gasteiger partial charge is 0.366 e. The van der Waals surface area contributed by atoms with Gasteiger partial charge < -0.3 is 10.5 Å².